The molecule has 3 rings (SSSR count). The molecule has 1 fully saturated rings. The maximum Gasteiger partial charge on any atom is 0.321 e. The Morgan fingerprint density at radius 1 is 1.35 bits per heavy atom. The van der Waals surface area contributed by atoms with Gasteiger partial charge in [-0.1, -0.05) is 6.07 Å². The first-order valence-electron chi connectivity index (χ1n) is 7.81. The SMILES string of the molecule is CC(C(=O)NC(=O)NC1CC1)N1CCCc2c(N)cccc21.Cl. The average Bonchev–Trinajstić information content (AvgIpc) is 3.30. The highest BCUT2D eigenvalue weighted by molar-refractivity contribution is 5.98. The summed E-state index contributed by atoms with van der Waals surface area (Å²) in [5, 5.41) is 5.19. The fourth-order valence-electron chi connectivity index (χ4n) is 2.89. The minimum atomic E-state index is -0.411. The number of carbonyl (C=O) groups is 2. The first-order chi connectivity index (χ1) is 10.6. The van der Waals surface area contributed by atoms with E-state index < -0.39 is 12.1 Å². The van der Waals surface area contributed by atoms with E-state index in [0.717, 1.165) is 49.2 Å². The summed E-state index contributed by atoms with van der Waals surface area (Å²) in [6, 6.07) is 5.19. The van der Waals surface area contributed by atoms with Crippen LogP contribution in [0.15, 0.2) is 18.2 Å². The van der Waals surface area contributed by atoms with E-state index in [1.54, 1.807) is 0 Å². The number of imide groups is 1. The smallest absolute Gasteiger partial charge is 0.321 e. The number of fused-ring (bicyclic) bond motifs is 1. The van der Waals surface area contributed by atoms with E-state index in [2.05, 4.69) is 10.6 Å². The zero-order valence-electron chi connectivity index (χ0n) is 13.2. The largest absolute Gasteiger partial charge is 0.398 e. The first-order valence-corrected chi connectivity index (χ1v) is 7.81. The van der Waals surface area contributed by atoms with Crippen molar-refractivity contribution in [1.82, 2.24) is 10.6 Å². The maximum absolute atomic E-state index is 12.3. The third kappa shape index (κ3) is 3.88. The lowest BCUT2D eigenvalue weighted by molar-refractivity contribution is -0.121. The Morgan fingerprint density at radius 2 is 2.09 bits per heavy atom. The van der Waals surface area contributed by atoms with Gasteiger partial charge in [-0.25, -0.2) is 4.79 Å². The van der Waals surface area contributed by atoms with Crippen LogP contribution >= 0.6 is 12.4 Å². The number of hydrogen-bond donors (Lipinski definition) is 3. The molecule has 0 bridgehead atoms. The van der Waals surface area contributed by atoms with Gasteiger partial charge < -0.3 is 16.0 Å². The van der Waals surface area contributed by atoms with Gasteiger partial charge in [0.15, 0.2) is 0 Å². The van der Waals surface area contributed by atoms with E-state index in [-0.39, 0.29) is 24.4 Å². The highest BCUT2D eigenvalue weighted by Gasteiger charge is 2.29. The number of benzene rings is 1. The minimum absolute atomic E-state index is 0. The summed E-state index contributed by atoms with van der Waals surface area (Å²) in [7, 11) is 0. The van der Waals surface area contributed by atoms with Crippen molar-refractivity contribution < 1.29 is 9.59 Å². The van der Waals surface area contributed by atoms with Crippen molar-refractivity contribution in [2.45, 2.75) is 44.7 Å². The quantitative estimate of drug-likeness (QED) is 0.734. The highest BCUT2D eigenvalue weighted by atomic mass is 35.5. The molecule has 1 unspecified atom stereocenters. The Hall–Kier alpha value is -1.95. The number of nitrogens with one attached hydrogen (secondary N) is 2. The molecule has 0 saturated heterocycles. The topological polar surface area (TPSA) is 87.5 Å². The van der Waals surface area contributed by atoms with Crippen LogP contribution in [0.2, 0.25) is 0 Å². The van der Waals surface area contributed by atoms with E-state index in [1.807, 2.05) is 30.0 Å². The Kier molecular flexibility index (Phi) is 5.36. The predicted octanol–water partition coefficient (Wildman–Crippen LogP) is 1.82. The summed E-state index contributed by atoms with van der Waals surface area (Å²) >= 11 is 0. The molecular formula is C16H23ClN4O2. The molecule has 2 aliphatic rings. The van der Waals surface area contributed by atoms with Crippen molar-refractivity contribution in [3.63, 3.8) is 0 Å². The van der Waals surface area contributed by atoms with Crippen molar-refractivity contribution >= 4 is 35.7 Å². The number of carbonyl (C=O) groups excluding carboxylic acids is 2. The molecule has 1 atom stereocenters. The molecule has 0 spiro atoms. The molecule has 1 aliphatic carbocycles. The van der Waals surface area contributed by atoms with Crippen LogP contribution in [0.4, 0.5) is 16.2 Å². The predicted molar refractivity (Wildman–Crippen MR) is 92.9 cm³/mol. The van der Waals surface area contributed by atoms with Gasteiger partial charge in [0.2, 0.25) is 5.91 Å². The number of nitrogen functional groups attached to an aromatic ring is 1. The fraction of sp³-hybridized carbons (Fsp3) is 0.500. The van der Waals surface area contributed by atoms with Crippen LogP contribution in [-0.2, 0) is 11.2 Å². The molecule has 1 aromatic carbocycles. The van der Waals surface area contributed by atoms with Crippen LogP contribution in [-0.4, -0.2) is 30.6 Å². The van der Waals surface area contributed by atoms with E-state index in [1.165, 1.54) is 0 Å². The highest BCUT2D eigenvalue weighted by Crippen LogP contribution is 2.32. The van der Waals surface area contributed by atoms with Gasteiger partial charge in [0, 0.05) is 24.0 Å². The van der Waals surface area contributed by atoms with Gasteiger partial charge in [-0.05, 0) is 50.3 Å². The Balaban J connectivity index is 0.00000192. The number of amides is 3. The standard InChI is InChI=1S/C16H22N4O2.ClH/c1-10(15(21)19-16(22)18-11-7-8-11)20-9-3-4-12-13(17)5-2-6-14(12)20;/h2,5-6,10-11H,3-4,7-9,17H2,1H3,(H2,18,19,21,22);1H. The summed E-state index contributed by atoms with van der Waals surface area (Å²) in [5.41, 5.74) is 8.89. The van der Waals surface area contributed by atoms with Gasteiger partial charge in [0.05, 0.1) is 0 Å². The van der Waals surface area contributed by atoms with Crippen LogP contribution in [0, 0.1) is 0 Å². The molecular weight excluding hydrogens is 316 g/mol. The molecule has 23 heavy (non-hydrogen) atoms. The van der Waals surface area contributed by atoms with E-state index in [4.69, 9.17) is 5.73 Å². The Bertz CT molecular complexity index is 604. The molecule has 7 heteroatoms. The van der Waals surface area contributed by atoms with Gasteiger partial charge >= 0.3 is 6.03 Å². The average molecular weight is 339 g/mol. The second-order valence-corrected chi connectivity index (χ2v) is 6.05. The fourth-order valence-corrected chi connectivity index (χ4v) is 2.89. The lowest BCUT2D eigenvalue weighted by atomic mass is 9.98. The summed E-state index contributed by atoms with van der Waals surface area (Å²) in [4.78, 5) is 26.0. The first kappa shape index (κ1) is 17.4. The molecule has 1 heterocycles. The monoisotopic (exact) mass is 338 g/mol. The van der Waals surface area contributed by atoms with E-state index >= 15 is 0 Å². The minimum Gasteiger partial charge on any atom is -0.398 e. The summed E-state index contributed by atoms with van der Waals surface area (Å²) in [6.45, 7) is 2.60. The number of anilines is 2. The van der Waals surface area contributed by atoms with Gasteiger partial charge in [0.25, 0.3) is 0 Å². The number of urea groups is 1. The van der Waals surface area contributed by atoms with E-state index in [9.17, 15) is 9.59 Å². The van der Waals surface area contributed by atoms with Crippen molar-refractivity contribution in [2.24, 2.45) is 0 Å². The molecule has 1 saturated carbocycles. The summed E-state index contributed by atoms with van der Waals surface area (Å²) in [5.74, 6) is -0.284. The molecule has 0 radical (unpaired) electrons. The van der Waals surface area contributed by atoms with Crippen LogP contribution in [0.5, 0.6) is 0 Å². The van der Waals surface area contributed by atoms with Gasteiger partial charge in [-0.2, -0.15) is 0 Å². The van der Waals surface area contributed by atoms with Crippen LogP contribution in [0.3, 0.4) is 0 Å². The zero-order valence-corrected chi connectivity index (χ0v) is 14.0. The van der Waals surface area contributed by atoms with Crippen LogP contribution < -0.4 is 21.3 Å². The number of nitrogens with zero attached hydrogens (tertiary/aromatic N) is 1. The summed E-state index contributed by atoms with van der Waals surface area (Å²) < 4.78 is 0. The number of rotatable bonds is 3. The molecule has 3 amide bonds. The molecule has 1 aromatic rings. The molecule has 1 aliphatic heterocycles. The van der Waals surface area contributed by atoms with Gasteiger partial charge in [-0.15, -0.1) is 12.4 Å². The molecule has 4 N–H and O–H groups in total. The lowest BCUT2D eigenvalue weighted by Gasteiger charge is -2.35. The van der Waals surface area contributed by atoms with Crippen molar-refractivity contribution in [3.05, 3.63) is 23.8 Å². The maximum atomic E-state index is 12.3. The van der Waals surface area contributed by atoms with Gasteiger partial charge in [-0.3, -0.25) is 10.1 Å². The van der Waals surface area contributed by atoms with Crippen molar-refractivity contribution in [1.29, 1.82) is 0 Å². The Labute approximate surface area is 142 Å². The number of halogens is 1. The number of nitrogens with two attached hydrogens (primary N) is 1. The van der Waals surface area contributed by atoms with Crippen LogP contribution in [0.1, 0.15) is 31.7 Å². The Morgan fingerprint density at radius 3 is 2.78 bits per heavy atom. The summed E-state index contributed by atoms with van der Waals surface area (Å²) in [6.07, 6.45) is 3.87. The lowest BCUT2D eigenvalue weighted by Crippen LogP contribution is -2.51. The molecule has 126 valence electrons. The van der Waals surface area contributed by atoms with E-state index in [0.29, 0.717) is 0 Å². The van der Waals surface area contributed by atoms with Gasteiger partial charge in [0.1, 0.15) is 6.04 Å². The second kappa shape index (κ2) is 7.08. The third-order valence-electron chi connectivity index (χ3n) is 4.32. The normalized spacial score (nSPS) is 17.5. The molecule has 0 aromatic heterocycles. The number of hydrogen-bond acceptors (Lipinski definition) is 4. The van der Waals surface area contributed by atoms with Crippen molar-refractivity contribution in [2.75, 3.05) is 17.2 Å². The third-order valence-corrected chi connectivity index (χ3v) is 4.32. The van der Waals surface area contributed by atoms with Crippen molar-refractivity contribution in [3.8, 4) is 0 Å². The molecule has 6 nitrogen and oxygen atoms in total. The second-order valence-electron chi connectivity index (χ2n) is 6.05. The van der Waals surface area contributed by atoms with Crippen LogP contribution in [0.25, 0.3) is 0 Å². The zero-order chi connectivity index (χ0) is 15.7.